The van der Waals surface area contributed by atoms with E-state index in [1.165, 1.54) is 5.56 Å². The van der Waals surface area contributed by atoms with Crippen LogP contribution in [0.1, 0.15) is 106 Å². The number of rotatable bonds is 12. The average Bonchev–Trinajstić information content (AvgIpc) is 3.67. The van der Waals surface area contributed by atoms with Gasteiger partial charge in [-0.2, -0.15) is 5.48 Å². The fraction of sp³-hybridized carbons (Fsp3) is 0.568. The Morgan fingerprint density at radius 3 is 2.21 bits per heavy atom. The first kappa shape index (κ1) is 43.1. The molecule has 5 rings (SSSR count). The number of nitrogens with one attached hydrogen (secondary N) is 1. The van der Waals surface area contributed by atoms with Crippen LogP contribution in [0.15, 0.2) is 53.2 Å². The standard InChI is InChI=1S/C44H61N7O4S/c1-15-50(23-22-46-54-55-56-14)31-20-21-34(28(3)26-31)47-40-36(45-13)35(39-48-38(49-51(39)40)29-16-18-30(19-17-29)42(4,5)6)41(52)53-37-32(43(7,8)9)24-27(2)25-33(37)44(10,11)12/h16-21,26-27,32-33,37,46H,15,22-25H2,1-12,14H3. The summed E-state index contributed by atoms with van der Waals surface area (Å²) in [4.78, 5) is 35.8. The van der Waals surface area contributed by atoms with Crippen LogP contribution in [0.25, 0.3) is 21.8 Å². The summed E-state index contributed by atoms with van der Waals surface area (Å²) in [5, 5.41) is 4.91. The van der Waals surface area contributed by atoms with Crippen molar-refractivity contribution < 1.29 is 18.9 Å². The van der Waals surface area contributed by atoms with Crippen LogP contribution in [0, 0.1) is 42.1 Å². The lowest BCUT2D eigenvalue weighted by molar-refractivity contribution is -0.243. The number of carbonyl (C=O) groups is 1. The van der Waals surface area contributed by atoms with Crippen LogP contribution in [0.5, 0.6) is 0 Å². The molecule has 2 heterocycles. The SMILES string of the molecule is [C-]#[N+]C1=C(C(=O)OC2C(C(C)(C)C)CC(C)CC2C(C)(C)C)c2nc(-c3ccc(C(C)(C)C)cc3)nn2C1=Nc1ccc(N(CC)CCNOOSC)cc1C. The number of fused-ring (bicyclic) bond motifs is 1. The van der Waals surface area contributed by atoms with Gasteiger partial charge < -0.3 is 9.64 Å². The zero-order valence-electron chi connectivity index (χ0n) is 35.6. The van der Waals surface area contributed by atoms with Gasteiger partial charge in [-0.3, -0.25) is 0 Å². The van der Waals surface area contributed by atoms with Crippen molar-refractivity contribution in [1.82, 2.24) is 20.2 Å². The Morgan fingerprint density at radius 1 is 1.04 bits per heavy atom. The van der Waals surface area contributed by atoms with Gasteiger partial charge in [0.25, 0.3) is 0 Å². The molecule has 2 atom stereocenters. The molecule has 2 aliphatic rings. The van der Waals surface area contributed by atoms with Crippen molar-refractivity contribution in [2.24, 2.45) is 33.6 Å². The molecule has 0 radical (unpaired) electrons. The summed E-state index contributed by atoms with van der Waals surface area (Å²) in [6.07, 6.45) is 3.36. The zero-order chi connectivity index (χ0) is 41.2. The molecule has 302 valence electrons. The number of benzene rings is 2. The summed E-state index contributed by atoms with van der Waals surface area (Å²) in [5.74, 6) is 1.18. The minimum Gasteiger partial charge on any atom is -0.459 e. The molecule has 0 saturated heterocycles. The molecule has 1 fully saturated rings. The number of carbonyl (C=O) groups excluding carboxylic acids is 1. The van der Waals surface area contributed by atoms with Crippen LogP contribution >= 0.6 is 12.0 Å². The summed E-state index contributed by atoms with van der Waals surface area (Å²) in [5.41, 5.74) is 7.35. The molecule has 1 aliphatic carbocycles. The third kappa shape index (κ3) is 9.56. The van der Waals surface area contributed by atoms with Crippen LogP contribution in [0.3, 0.4) is 0 Å². The summed E-state index contributed by atoms with van der Waals surface area (Å²) in [7, 11) is 0. The van der Waals surface area contributed by atoms with E-state index in [4.69, 9.17) is 35.7 Å². The highest BCUT2D eigenvalue weighted by Crippen LogP contribution is 2.50. The van der Waals surface area contributed by atoms with Gasteiger partial charge in [0.1, 0.15) is 11.7 Å². The molecule has 2 unspecified atom stereocenters. The Morgan fingerprint density at radius 2 is 1.68 bits per heavy atom. The minimum absolute atomic E-state index is 0.0195. The number of hydrogen-bond donors (Lipinski definition) is 1. The van der Waals surface area contributed by atoms with Gasteiger partial charge in [0.2, 0.25) is 5.70 Å². The van der Waals surface area contributed by atoms with Crippen molar-refractivity contribution in [3.8, 4) is 11.4 Å². The van der Waals surface area contributed by atoms with Gasteiger partial charge in [-0.15, -0.1) is 14.4 Å². The number of hydroxylamine groups is 1. The number of aromatic nitrogens is 3. The topological polar surface area (TPSA) is 107 Å². The molecule has 56 heavy (non-hydrogen) atoms. The molecule has 0 spiro atoms. The average molecular weight is 784 g/mol. The quantitative estimate of drug-likeness (QED) is 0.0480. The highest BCUT2D eigenvalue weighted by molar-refractivity contribution is 7.93. The van der Waals surface area contributed by atoms with E-state index in [2.05, 4.69) is 110 Å². The van der Waals surface area contributed by atoms with Crippen LogP contribution in [0.2, 0.25) is 0 Å². The first-order valence-corrected chi connectivity index (χ1v) is 20.9. The molecule has 3 aromatic rings. The number of nitrogens with zero attached hydrogens (tertiary/aromatic N) is 6. The molecule has 1 N–H and O–H groups in total. The van der Waals surface area contributed by atoms with Gasteiger partial charge in [0, 0.05) is 61.0 Å². The monoisotopic (exact) mass is 783 g/mol. The Balaban J connectivity index is 1.59. The predicted molar refractivity (Wildman–Crippen MR) is 227 cm³/mol. The van der Waals surface area contributed by atoms with E-state index in [1.807, 2.05) is 31.2 Å². The van der Waals surface area contributed by atoms with E-state index in [1.54, 1.807) is 10.9 Å². The molecule has 2 aromatic carbocycles. The second-order valence-electron chi connectivity index (χ2n) is 18.4. The molecule has 12 heteroatoms. The second kappa shape index (κ2) is 17.2. The van der Waals surface area contributed by atoms with E-state index in [-0.39, 0.29) is 57.1 Å². The fourth-order valence-electron chi connectivity index (χ4n) is 7.95. The van der Waals surface area contributed by atoms with Crippen molar-refractivity contribution >= 4 is 40.8 Å². The first-order valence-electron chi connectivity index (χ1n) is 19.7. The Labute approximate surface area is 338 Å². The molecule has 0 amide bonds. The lowest BCUT2D eigenvalue weighted by Crippen LogP contribution is -2.49. The van der Waals surface area contributed by atoms with Crippen molar-refractivity contribution in [1.29, 1.82) is 0 Å². The molecule has 1 saturated carbocycles. The maximum atomic E-state index is 14.7. The van der Waals surface area contributed by atoms with E-state index < -0.39 is 5.97 Å². The number of likely N-dealkylation sites (N-methyl/N-ethyl adjacent to an activating group) is 1. The Hall–Kier alpha value is -4.02. The number of anilines is 1. The Kier molecular flexibility index (Phi) is 13.3. The van der Waals surface area contributed by atoms with E-state index in [9.17, 15) is 4.79 Å². The van der Waals surface area contributed by atoms with Gasteiger partial charge in [-0.1, -0.05) is 93.5 Å². The molecule has 1 aliphatic heterocycles. The molecule has 11 nitrogen and oxygen atoms in total. The van der Waals surface area contributed by atoms with Crippen LogP contribution < -0.4 is 10.4 Å². The van der Waals surface area contributed by atoms with Gasteiger partial charge in [-0.25, -0.2) is 24.3 Å². The Bertz CT molecular complexity index is 1950. The molecular formula is C44H61N7O4S. The normalized spacial score (nSPS) is 21.0. The number of aryl methyl sites for hydroxylation is 1. The van der Waals surface area contributed by atoms with Gasteiger partial charge in [0.05, 0.1) is 12.3 Å². The predicted octanol–water partition coefficient (Wildman–Crippen LogP) is 10.00. The largest absolute Gasteiger partial charge is 0.459 e. The lowest BCUT2D eigenvalue weighted by Gasteiger charge is -2.50. The summed E-state index contributed by atoms with van der Waals surface area (Å²) in [6.45, 7) is 36.7. The fourth-order valence-corrected chi connectivity index (χ4v) is 8.07. The second-order valence-corrected chi connectivity index (χ2v) is 18.9. The minimum atomic E-state index is -0.557. The van der Waals surface area contributed by atoms with E-state index in [0.717, 1.165) is 48.2 Å². The highest BCUT2D eigenvalue weighted by Gasteiger charge is 2.49. The maximum absolute atomic E-state index is 14.7. The van der Waals surface area contributed by atoms with Crippen molar-refractivity contribution in [2.75, 3.05) is 30.8 Å². The highest BCUT2D eigenvalue weighted by atomic mass is 32.2. The smallest absolute Gasteiger partial charge is 0.331 e. The number of esters is 1. The van der Waals surface area contributed by atoms with E-state index >= 15 is 0 Å². The summed E-state index contributed by atoms with van der Waals surface area (Å²) >= 11 is 1.12. The lowest BCUT2D eigenvalue weighted by atomic mass is 9.59. The van der Waals surface area contributed by atoms with Crippen LogP contribution in [0.4, 0.5) is 11.4 Å². The molecule has 1 aromatic heterocycles. The first-order chi connectivity index (χ1) is 26.3. The van der Waals surface area contributed by atoms with E-state index in [0.29, 0.717) is 30.5 Å². The zero-order valence-corrected chi connectivity index (χ0v) is 36.4. The van der Waals surface area contributed by atoms with Gasteiger partial charge in [-0.05, 0) is 78.2 Å². The molecule has 0 bridgehead atoms. The summed E-state index contributed by atoms with van der Waals surface area (Å²) in [6, 6.07) is 14.2. The number of ether oxygens (including phenoxy) is 1. The van der Waals surface area contributed by atoms with Crippen molar-refractivity contribution in [3.63, 3.8) is 0 Å². The maximum Gasteiger partial charge on any atom is 0.331 e. The van der Waals surface area contributed by atoms with Crippen molar-refractivity contribution in [3.05, 3.63) is 76.5 Å². The van der Waals surface area contributed by atoms with Crippen LogP contribution in [-0.4, -0.2) is 58.6 Å². The van der Waals surface area contributed by atoms with Crippen molar-refractivity contribution in [2.45, 2.75) is 107 Å². The third-order valence-electron chi connectivity index (χ3n) is 11.2. The van der Waals surface area contributed by atoms with Gasteiger partial charge in [0.15, 0.2) is 17.5 Å². The number of hydrogen-bond acceptors (Lipinski definition) is 10. The summed E-state index contributed by atoms with van der Waals surface area (Å²) < 4.78 is 13.1. The number of allylic oxidation sites excluding steroid dienone is 1. The molecular weight excluding hydrogens is 723 g/mol. The third-order valence-corrected chi connectivity index (χ3v) is 11.4. The van der Waals surface area contributed by atoms with Crippen LogP contribution in [-0.2, 0) is 24.3 Å². The number of aliphatic imine (C=N–C) groups is 1. The van der Waals surface area contributed by atoms with Gasteiger partial charge >= 0.3 is 5.97 Å².